The fourth-order valence-corrected chi connectivity index (χ4v) is 3.19. The molecule has 1 amide bonds. The van der Waals surface area contributed by atoms with Crippen LogP contribution in [0.1, 0.15) is 44.0 Å². The van der Waals surface area contributed by atoms with Crippen LogP contribution in [0, 0.1) is 6.92 Å². The Bertz CT molecular complexity index is 539. The molecule has 4 heteroatoms. The third-order valence-electron chi connectivity index (χ3n) is 4.61. The average molecular weight is 288 g/mol. The van der Waals surface area contributed by atoms with E-state index in [1.165, 1.54) is 11.1 Å². The summed E-state index contributed by atoms with van der Waals surface area (Å²) < 4.78 is 5.54. The molecule has 2 atom stereocenters. The summed E-state index contributed by atoms with van der Waals surface area (Å²) in [6.45, 7) is 7.42. The molecule has 1 aromatic carbocycles. The van der Waals surface area contributed by atoms with Gasteiger partial charge in [-0.05, 0) is 44.7 Å². The highest BCUT2D eigenvalue weighted by molar-refractivity contribution is 5.92. The van der Waals surface area contributed by atoms with Crippen molar-refractivity contribution in [1.29, 1.82) is 0 Å². The predicted octanol–water partition coefficient (Wildman–Crippen LogP) is 2.38. The molecule has 0 radical (unpaired) electrons. The van der Waals surface area contributed by atoms with E-state index in [1.54, 1.807) is 0 Å². The van der Waals surface area contributed by atoms with Crippen LogP contribution in [0.4, 0.5) is 0 Å². The van der Waals surface area contributed by atoms with Crippen LogP contribution in [0.25, 0.3) is 0 Å². The van der Waals surface area contributed by atoms with Crippen molar-refractivity contribution in [3.05, 3.63) is 35.4 Å². The predicted molar refractivity (Wildman–Crippen MR) is 81.8 cm³/mol. The molecule has 0 aromatic heterocycles. The zero-order valence-electron chi connectivity index (χ0n) is 13.1. The van der Waals surface area contributed by atoms with Crippen molar-refractivity contribution in [2.45, 2.75) is 51.4 Å². The summed E-state index contributed by atoms with van der Waals surface area (Å²) in [6, 6.07) is 8.37. The van der Waals surface area contributed by atoms with Gasteiger partial charge in [0, 0.05) is 6.61 Å². The molecule has 1 saturated heterocycles. The van der Waals surface area contributed by atoms with Gasteiger partial charge < -0.3 is 9.64 Å². The van der Waals surface area contributed by atoms with Gasteiger partial charge in [-0.2, -0.15) is 0 Å². The van der Waals surface area contributed by atoms with Crippen LogP contribution in [0.3, 0.4) is 0 Å². The van der Waals surface area contributed by atoms with Crippen LogP contribution < -0.4 is 5.32 Å². The van der Waals surface area contributed by atoms with Gasteiger partial charge in [0.15, 0.2) is 0 Å². The Balaban J connectivity index is 1.90. The number of benzene rings is 1. The quantitative estimate of drug-likeness (QED) is 0.904. The van der Waals surface area contributed by atoms with Gasteiger partial charge in [0.2, 0.25) is 5.91 Å². The summed E-state index contributed by atoms with van der Waals surface area (Å²) in [5.41, 5.74) is 2.11. The number of carbonyl (C=O) groups excluding carboxylic acids is 1. The summed E-state index contributed by atoms with van der Waals surface area (Å²) in [6.07, 6.45) is 1.87. The second-order valence-electron chi connectivity index (χ2n) is 6.21. The fraction of sp³-hybridized carbons (Fsp3) is 0.588. The molecular formula is C17H24N2O2. The van der Waals surface area contributed by atoms with Gasteiger partial charge >= 0.3 is 0 Å². The second-order valence-corrected chi connectivity index (χ2v) is 6.21. The largest absolute Gasteiger partial charge is 0.380 e. The number of aryl methyl sites for hydroxylation is 1. The number of ether oxygens (including phenoxy) is 1. The van der Waals surface area contributed by atoms with E-state index in [1.807, 2.05) is 24.0 Å². The molecule has 2 unspecified atom stereocenters. The van der Waals surface area contributed by atoms with Gasteiger partial charge in [0.05, 0.1) is 12.6 Å². The lowest BCUT2D eigenvalue weighted by atomic mass is 10.1. The van der Waals surface area contributed by atoms with E-state index in [4.69, 9.17) is 4.74 Å². The molecule has 2 fully saturated rings. The highest BCUT2D eigenvalue weighted by Crippen LogP contribution is 2.47. The first-order chi connectivity index (χ1) is 10.1. The number of hydrogen-bond acceptors (Lipinski definition) is 3. The molecule has 1 saturated carbocycles. The number of carbonyl (C=O) groups is 1. The van der Waals surface area contributed by atoms with Crippen molar-refractivity contribution in [2.24, 2.45) is 0 Å². The lowest BCUT2D eigenvalue weighted by molar-refractivity contribution is -0.134. The summed E-state index contributed by atoms with van der Waals surface area (Å²) in [7, 11) is 0. The Hall–Kier alpha value is -1.39. The normalized spacial score (nSPS) is 24.6. The van der Waals surface area contributed by atoms with Crippen LogP contribution in [0.15, 0.2) is 24.3 Å². The van der Waals surface area contributed by atoms with Crippen LogP contribution in [-0.2, 0) is 9.53 Å². The molecule has 1 aliphatic heterocycles. The molecular weight excluding hydrogens is 264 g/mol. The van der Waals surface area contributed by atoms with E-state index in [9.17, 15) is 4.79 Å². The van der Waals surface area contributed by atoms with Crippen LogP contribution in [0.2, 0.25) is 0 Å². The molecule has 1 N–H and O–H groups in total. The molecule has 4 nitrogen and oxygen atoms in total. The van der Waals surface area contributed by atoms with Gasteiger partial charge in [0.1, 0.15) is 11.7 Å². The smallest absolute Gasteiger partial charge is 0.244 e. The van der Waals surface area contributed by atoms with E-state index < -0.39 is 0 Å². The molecule has 1 heterocycles. The Morgan fingerprint density at radius 2 is 2.14 bits per heavy atom. The Morgan fingerprint density at radius 1 is 1.43 bits per heavy atom. The van der Waals surface area contributed by atoms with Crippen molar-refractivity contribution in [1.82, 2.24) is 10.2 Å². The van der Waals surface area contributed by atoms with Crippen molar-refractivity contribution in [2.75, 3.05) is 13.2 Å². The molecule has 1 aromatic rings. The standard InChI is InChI=1S/C17H24N2O2/c1-4-21-11-13(3)19-15(14-8-6-5-7-12(14)2)18-17(9-10-17)16(19)20/h5-8,13,15,18H,4,9-11H2,1-3H3. The third-order valence-corrected chi connectivity index (χ3v) is 4.61. The summed E-state index contributed by atoms with van der Waals surface area (Å²) in [5, 5.41) is 3.58. The number of hydrogen-bond donors (Lipinski definition) is 1. The van der Waals surface area contributed by atoms with E-state index >= 15 is 0 Å². The van der Waals surface area contributed by atoms with Crippen molar-refractivity contribution >= 4 is 5.91 Å². The molecule has 0 bridgehead atoms. The zero-order valence-corrected chi connectivity index (χ0v) is 13.1. The Labute approximate surface area is 126 Å². The maximum atomic E-state index is 12.8. The van der Waals surface area contributed by atoms with Gasteiger partial charge in [-0.15, -0.1) is 0 Å². The highest BCUT2D eigenvalue weighted by Gasteiger charge is 2.60. The SMILES string of the molecule is CCOCC(C)N1C(=O)C2(CC2)NC1c1ccccc1C. The molecule has 3 rings (SSSR count). The maximum Gasteiger partial charge on any atom is 0.244 e. The maximum absolute atomic E-state index is 12.8. The van der Waals surface area contributed by atoms with E-state index in [2.05, 4.69) is 31.3 Å². The molecule has 114 valence electrons. The first kappa shape index (κ1) is 14.5. The number of amides is 1. The van der Waals surface area contributed by atoms with Gasteiger partial charge in [-0.1, -0.05) is 24.3 Å². The van der Waals surface area contributed by atoms with E-state index in [-0.39, 0.29) is 23.7 Å². The minimum atomic E-state index is -0.298. The monoisotopic (exact) mass is 288 g/mol. The summed E-state index contributed by atoms with van der Waals surface area (Å²) >= 11 is 0. The van der Waals surface area contributed by atoms with Crippen LogP contribution in [-0.4, -0.2) is 35.6 Å². The number of nitrogens with one attached hydrogen (secondary N) is 1. The minimum Gasteiger partial charge on any atom is -0.380 e. The van der Waals surface area contributed by atoms with Crippen molar-refractivity contribution in [3.8, 4) is 0 Å². The molecule has 1 aliphatic carbocycles. The average Bonchev–Trinajstić information content (AvgIpc) is 3.19. The first-order valence-corrected chi connectivity index (χ1v) is 7.83. The van der Waals surface area contributed by atoms with E-state index in [0.717, 1.165) is 12.8 Å². The van der Waals surface area contributed by atoms with Crippen molar-refractivity contribution in [3.63, 3.8) is 0 Å². The number of rotatable bonds is 5. The summed E-state index contributed by atoms with van der Waals surface area (Å²) in [4.78, 5) is 14.8. The first-order valence-electron chi connectivity index (χ1n) is 7.83. The van der Waals surface area contributed by atoms with Crippen LogP contribution in [0.5, 0.6) is 0 Å². The number of nitrogens with zero attached hydrogens (tertiary/aromatic N) is 1. The van der Waals surface area contributed by atoms with Crippen molar-refractivity contribution < 1.29 is 9.53 Å². The molecule has 1 spiro atoms. The minimum absolute atomic E-state index is 0.0309. The Kier molecular flexibility index (Phi) is 3.76. The summed E-state index contributed by atoms with van der Waals surface area (Å²) in [5.74, 6) is 0.239. The Morgan fingerprint density at radius 3 is 2.76 bits per heavy atom. The lowest BCUT2D eigenvalue weighted by Gasteiger charge is -2.31. The zero-order chi connectivity index (χ0) is 15.0. The van der Waals surface area contributed by atoms with Gasteiger partial charge in [-0.25, -0.2) is 0 Å². The molecule has 2 aliphatic rings. The lowest BCUT2D eigenvalue weighted by Crippen LogP contribution is -2.41. The van der Waals surface area contributed by atoms with Crippen LogP contribution >= 0.6 is 0 Å². The topological polar surface area (TPSA) is 41.6 Å². The third kappa shape index (κ3) is 2.47. The van der Waals surface area contributed by atoms with Gasteiger partial charge in [-0.3, -0.25) is 10.1 Å². The molecule has 21 heavy (non-hydrogen) atoms. The highest BCUT2D eigenvalue weighted by atomic mass is 16.5. The second kappa shape index (κ2) is 5.43. The fourth-order valence-electron chi connectivity index (χ4n) is 3.19. The van der Waals surface area contributed by atoms with E-state index in [0.29, 0.717) is 13.2 Å². The van der Waals surface area contributed by atoms with Gasteiger partial charge in [0.25, 0.3) is 0 Å².